The van der Waals surface area contributed by atoms with E-state index >= 15 is 0 Å². The summed E-state index contributed by atoms with van der Waals surface area (Å²) in [5.41, 5.74) is 0.562. The number of alkyl carbamates (subject to hydrolysis) is 1. The molecule has 1 aromatic carbocycles. The maximum Gasteiger partial charge on any atom is 0.415 e. The zero-order valence-electron chi connectivity index (χ0n) is 16.2. The lowest BCUT2D eigenvalue weighted by atomic mass is 10.1. The minimum Gasteiger partial charge on any atom is -0.487 e. The van der Waals surface area contributed by atoms with Gasteiger partial charge >= 0.3 is 12.2 Å². The number of amides is 1. The lowest BCUT2D eigenvalue weighted by Gasteiger charge is -2.20. The molecule has 0 aliphatic heterocycles. The van der Waals surface area contributed by atoms with Crippen LogP contribution in [0.5, 0.6) is 5.75 Å². The summed E-state index contributed by atoms with van der Waals surface area (Å²) in [6, 6.07) is 10.2. The molecule has 152 valence electrons. The molecule has 28 heavy (non-hydrogen) atoms. The SMILES string of the molecule is CC(C)(C)OC(=O)NCCC(O)c1cccc(OCc2cccn2C(=O)O)c1. The summed E-state index contributed by atoms with van der Waals surface area (Å²) in [6.45, 7) is 5.67. The lowest BCUT2D eigenvalue weighted by molar-refractivity contribution is 0.0518. The predicted octanol–water partition coefficient (Wildman–Crippen LogP) is 3.54. The molecule has 0 aliphatic rings. The number of rotatable bonds is 7. The summed E-state index contributed by atoms with van der Waals surface area (Å²) in [4.78, 5) is 22.7. The predicted molar refractivity (Wildman–Crippen MR) is 102 cm³/mol. The Labute approximate surface area is 163 Å². The molecule has 8 nitrogen and oxygen atoms in total. The van der Waals surface area contributed by atoms with Crippen molar-refractivity contribution in [3.8, 4) is 5.75 Å². The topological polar surface area (TPSA) is 110 Å². The van der Waals surface area contributed by atoms with Crippen LogP contribution >= 0.6 is 0 Å². The summed E-state index contributed by atoms with van der Waals surface area (Å²) >= 11 is 0. The molecule has 0 fully saturated rings. The van der Waals surface area contributed by atoms with Gasteiger partial charge in [-0.05, 0) is 57.0 Å². The van der Waals surface area contributed by atoms with Gasteiger partial charge in [0.05, 0.1) is 11.8 Å². The van der Waals surface area contributed by atoms with Crippen molar-refractivity contribution in [2.24, 2.45) is 0 Å². The fourth-order valence-electron chi connectivity index (χ4n) is 2.48. The van der Waals surface area contributed by atoms with Gasteiger partial charge in [-0.25, -0.2) is 9.59 Å². The summed E-state index contributed by atoms with van der Waals surface area (Å²) in [7, 11) is 0. The number of nitrogens with one attached hydrogen (secondary N) is 1. The summed E-state index contributed by atoms with van der Waals surface area (Å²) < 4.78 is 11.9. The highest BCUT2D eigenvalue weighted by molar-refractivity contribution is 5.69. The molecule has 1 aromatic heterocycles. The van der Waals surface area contributed by atoms with Gasteiger partial charge in [-0.1, -0.05) is 12.1 Å². The Morgan fingerprint density at radius 2 is 1.96 bits per heavy atom. The number of aromatic nitrogens is 1. The molecule has 0 saturated heterocycles. The smallest absolute Gasteiger partial charge is 0.415 e. The second-order valence-corrected chi connectivity index (χ2v) is 7.25. The number of carbonyl (C=O) groups is 2. The van der Waals surface area contributed by atoms with Crippen molar-refractivity contribution in [2.45, 2.75) is 45.5 Å². The number of hydrogen-bond acceptors (Lipinski definition) is 5. The van der Waals surface area contributed by atoms with E-state index < -0.39 is 23.9 Å². The highest BCUT2D eigenvalue weighted by atomic mass is 16.6. The molecule has 8 heteroatoms. The van der Waals surface area contributed by atoms with Crippen molar-refractivity contribution in [2.75, 3.05) is 6.54 Å². The van der Waals surface area contributed by atoms with Gasteiger partial charge in [0, 0.05) is 12.7 Å². The van der Waals surface area contributed by atoms with Crippen LogP contribution in [0.2, 0.25) is 0 Å². The van der Waals surface area contributed by atoms with Crippen molar-refractivity contribution in [3.63, 3.8) is 0 Å². The van der Waals surface area contributed by atoms with Crippen LogP contribution in [0.1, 0.15) is 44.6 Å². The van der Waals surface area contributed by atoms with Crippen molar-refractivity contribution in [1.82, 2.24) is 9.88 Å². The van der Waals surface area contributed by atoms with Gasteiger partial charge in [0.15, 0.2) is 0 Å². The molecule has 0 saturated carbocycles. The number of carboxylic acid groups (broad SMARTS) is 1. The van der Waals surface area contributed by atoms with Crippen molar-refractivity contribution in [3.05, 3.63) is 53.9 Å². The van der Waals surface area contributed by atoms with E-state index in [0.29, 0.717) is 23.4 Å². The van der Waals surface area contributed by atoms with Gasteiger partial charge in [0.2, 0.25) is 0 Å². The number of aliphatic hydroxyl groups is 1. The number of benzene rings is 1. The van der Waals surface area contributed by atoms with Crippen molar-refractivity contribution < 1.29 is 29.3 Å². The standard InChI is InChI=1S/C20H26N2O6/c1-20(2,3)28-18(24)21-10-9-17(23)14-6-4-8-16(12-14)27-13-15-7-5-11-22(15)19(25)26/h4-8,11-12,17,23H,9-10,13H2,1-3H3,(H,21,24)(H,25,26). The average molecular weight is 390 g/mol. The molecule has 1 heterocycles. The lowest BCUT2D eigenvalue weighted by Crippen LogP contribution is -2.33. The van der Waals surface area contributed by atoms with Crippen LogP contribution in [0.3, 0.4) is 0 Å². The first-order valence-electron chi connectivity index (χ1n) is 8.93. The molecular formula is C20H26N2O6. The van der Waals surface area contributed by atoms with Crippen molar-refractivity contribution >= 4 is 12.2 Å². The molecular weight excluding hydrogens is 364 g/mol. The number of hydrogen-bond donors (Lipinski definition) is 3. The molecule has 1 unspecified atom stereocenters. The molecule has 2 rings (SSSR count). The number of carbonyl (C=O) groups excluding carboxylic acids is 1. The second-order valence-electron chi connectivity index (χ2n) is 7.25. The maximum atomic E-state index is 11.6. The van der Waals surface area contributed by atoms with Gasteiger partial charge in [-0.2, -0.15) is 0 Å². The van der Waals surface area contributed by atoms with Crippen LogP contribution in [-0.2, 0) is 11.3 Å². The Balaban J connectivity index is 1.87. The molecule has 0 radical (unpaired) electrons. The van der Waals surface area contributed by atoms with E-state index in [-0.39, 0.29) is 13.2 Å². The molecule has 0 bridgehead atoms. The molecule has 3 N–H and O–H groups in total. The molecule has 1 atom stereocenters. The van der Waals surface area contributed by atoms with Crippen LogP contribution in [-0.4, -0.2) is 39.1 Å². The first-order chi connectivity index (χ1) is 13.2. The summed E-state index contributed by atoms with van der Waals surface area (Å²) in [5.74, 6) is 0.509. The third-order valence-corrected chi connectivity index (χ3v) is 3.75. The Hall–Kier alpha value is -3.00. The van der Waals surface area contributed by atoms with Gasteiger partial charge in [-0.3, -0.25) is 4.57 Å². The van der Waals surface area contributed by atoms with Gasteiger partial charge in [0.25, 0.3) is 0 Å². The number of aliphatic hydroxyl groups excluding tert-OH is 1. The normalized spacial score (nSPS) is 12.3. The van der Waals surface area contributed by atoms with E-state index in [4.69, 9.17) is 14.6 Å². The van der Waals surface area contributed by atoms with Crippen LogP contribution in [0.15, 0.2) is 42.6 Å². The quantitative estimate of drug-likeness (QED) is 0.667. The Bertz CT molecular complexity index is 809. The third kappa shape index (κ3) is 6.62. The fraction of sp³-hybridized carbons (Fsp3) is 0.400. The van der Waals surface area contributed by atoms with Crippen LogP contribution < -0.4 is 10.1 Å². The van der Waals surface area contributed by atoms with E-state index in [0.717, 1.165) is 4.57 Å². The minimum atomic E-state index is -1.08. The summed E-state index contributed by atoms with van der Waals surface area (Å²) in [5, 5.41) is 22.0. The van der Waals surface area contributed by atoms with E-state index in [9.17, 15) is 14.7 Å². The fourth-order valence-corrected chi connectivity index (χ4v) is 2.48. The average Bonchev–Trinajstić information content (AvgIpc) is 3.07. The highest BCUT2D eigenvalue weighted by Crippen LogP contribution is 2.22. The number of ether oxygens (including phenoxy) is 2. The Morgan fingerprint density at radius 1 is 1.21 bits per heavy atom. The van der Waals surface area contributed by atoms with E-state index in [1.165, 1.54) is 6.20 Å². The Kier molecular flexibility index (Phi) is 7.06. The zero-order chi connectivity index (χ0) is 20.7. The van der Waals surface area contributed by atoms with E-state index in [1.54, 1.807) is 57.2 Å². The molecule has 0 aliphatic carbocycles. The monoisotopic (exact) mass is 390 g/mol. The third-order valence-electron chi connectivity index (χ3n) is 3.75. The van der Waals surface area contributed by atoms with E-state index in [1.807, 2.05) is 0 Å². The highest BCUT2D eigenvalue weighted by Gasteiger charge is 2.16. The van der Waals surface area contributed by atoms with Crippen LogP contribution in [0, 0.1) is 0 Å². The molecule has 2 aromatic rings. The zero-order valence-corrected chi connectivity index (χ0v) is 16.2. The van der Waals surface area contributed by atoms with Gasteiger partial charge < -0.3 is 25.0 Å². The van der Waals surface area contributed by atoms with Crippen LogP contribution in [0.25, 0.3) is 0 Å². The maximum absolute atomic E-state index is 11.6. The Morgan fingerprint density at radius 3 is 2.64 bits per heavy atom. The molecule has 0 spiro atoms. The number of nitrogens with zero attached hydrogens (tertiary/aromatic N) is 1. The first kappa shape index (κ1) is 21.3. The van der Waals surface area contributed by atoms with Gasteiger partial charge in [-0.15, -0.1) is 0 Å². The second kappa shape index (κ2) is 9.27. The summed E-state index contributed by atoms with van der Waals surface area (Å²) in [6.07, 6.45) is -0.645. The van der Waals surface area contributed by atoms with E-state index in [2.05, 4.69) is 5.32 Å². The molecule has 1 amide bonds. The van der Waals surface area contributed by atoms with Crippen molar-refractivity contribution in [1.29, 1.82) is 0 Å². The van der Waals surface area contributed by atoms with Gasteiger partial charge in [0.1, 0.15) is 18.0 Å². The minimum absolute atomic E-state index is 0.0824. The van der Waals surface area contributed by atoms with Crippen LogP contribution in [0.4, 0.5) is 9.59 Å². The largest absolute Gasteiger partial charge is 0.487 e. The first-order valence-corrected chi connectivity index (χ1v) is 8.93.